The number of hydrogen-bond acceptors (Lipinski definition) is 4. The van der Waals surface area contributed by atoms with Crippen molar-refractivity contribution in [2.75, 3.05) is 39.1 Å². The number of amides is 2. The molecule has 1 fully saturated rings. The molecule has 0 atom stereocenters. The second-order valence-electron chi connectivity index (χ2n) is 6.89. The molecule has 1 aliphatic heterocycles. The highest BCUT2D eigenvalue weighted by atomic mass is 16.2. The smallest absolute Gasteiger partial charge is 0.319 e. The van der Waals surface area contributed by atoms with Gasteiger partial charge < -0.3 is 14.7 Å². The number of nitrogens with zero attached hydrogens (tertiary/aromatic N) is 5. The van der Waals surface area contributed by atoms with E-state index in [2.05, 4.69) is 21.2 Å². The van der Waals surface area contributed by atoms with E-state index in [1.165, 1.54) is 24.1 Å². The number of fused-ring (bicyclic) bond motifs is 1. The Morgan fingerprint density at radius 3 is 2.52 bits per heavy atom. The van der Waals surface area contributed by atoms with E-state index in [0.29, 0.717) is 6.04 Å². The highest BCUT2D eigenvalue weighted by Gasteiger charge is 2.27. The van der Waals surface area contributed by atoms with Crippen LogP contribution < -0.4 is 4.90 Å². The summed E-state index contributed by atoms with van der Waals surface area (Å²) in [4.78, 5) is 17.9. The number of aromatic nitrogens is 2. The van der Waals surface area contributed by atoms with Crippen molar-refractivity contribution in [3.05, 3.63) is 17.3 Å². The van der Waals surface area contributed by atoms with Crippen LogP contribution in [0.3, 0.4) is 0 Å². The molecule has 2 amide bonds. The highest BCUT2D eigenvalue weighted by Crippen LogP contribution is 2.25. The predicted molar refractivity (Wildman–Crippen MR) is 90.8 cm³/mol. The fourth-order valence-corrected chi connectivity index (χ4v) is 3.59. The van der Waals surface area contributed by atoms with Crippen LogP contribution in [0.1, 0.15) is 36.9 Å². The maximum Gasteiger partial charge on any atom is 0.319 e. The van der Waals surface area contributed by atoms with Crippen LogP contribution in [0.5, 0.6) is 0 Å². The highest BCUT2D eigenvalue weighted by molar-refractivity contribution is 5.73. The molecule has 6 heteroatoms. The molecular weight excluding hydrogens is 290 g/mol. The summed E-state index contributed by atoms with van der Waals surface area (Å²) < 4.78 is 0. The molecule has 0 unspecified atom stereocenters. The molecule has 2 aliphatic rings. The van der Waals surface area contributed by atoms with Gasteiger partial charge in [-0.1, -0.05) is 0 Å². The molecule has 1 aromatic rings. The van der Waals surface area contributed by atoms with E-state index in [4.69, 9.17) is 0 Å². The Morgan fingerprint density at radius 2 is 1.83 bits per heavy atom. The van der Waals surface area contributed by atoms with Crippen LogP contribution in [0.2, 0.25) is 0 Å². The summed E-state index contributed by atoms with van der Waals surface area (Å²) in [6.07, 6.45) is 6.66. The average Bonchev–Trinajstić information content (AvgIpc) is 2.60. The molecule has 2 heterocycles. The van der Waals surface area contributed by atoms with Crippen LogP contribution in [0.25, 0.3) is 0 Å². The third-order valence-corrected chi connectivity index (χ3v) is 5.08. The van der Waals surface area contributed by atoms with E-state index >= 15 is 0 Å². The predicted octanol–water partition coefficient (Wildman–Crippen LogP) is 1.94. The number of anilines is 1. The Kier molecular flexibility index (Phi) is 4.68. The van der Waals surface area contributed by atoms with Gasteiger partial charge in [0.25, 0.3) is 0 Å². The van der Waals surface area contributed by atoms with Crippen molar-refractivity contribution >= 4 is 11.8 Å². The zero-order valence-electron chi connectivity index (χ0n) is 14.5. The van der Waals surface area contributed by atoms with Crippen LogP contribution in [0.4, 0.5) is 10.6 Å². The van der Waals surface area contributed by atoms with Crippen molar-refractivity contribution < 1.29 is 4.79 Å². The van der Waals surface area contributed by atoms with Gasteiger partial charge >= 0.3 is 6.03 Å². The van der Waals surface area contributed by atoms with Gasteiger partial charge in [0.05, 0.1) is 5.69 Å². The molecule has 1 aliphatic carbocycles. The lowest BCUT2D eigenvalue weighted by Crippen LogP contribution is -2.48. The normalized spacial score (nSPS) is 18.5. The molecule has 6 nitrogen and oxygen atoms in total. The van der Waals surface area contributed by atoms with E-state index in [1.807, 2.05) is 11.9 Å². The Balaban J connectivity index is 1.62. The number of carbonyl (C=O) groups is 1. The average molecular weight is 317 g/mol. The number of carbonyl (C=O) groups excluding carboxylic acids is 1. The number of hydrogen-bond donors (Lipinski definition) is 0. The first-order valence-electron chi connectivity index (χ1n) is 8.61. The lowest BCUT2D eigenvalue weighted by molar-refractivity contribution is 0.155. The first-order valence-corrected chi connectivity index (χ1v) is 8.61. The second-order valence-corrected chi connectivity index (χ2v) is 6.89. The molecule has 3 rings (SSSR count). The van der Waals surface area contributed by atoms with Gasteiger partial charge in [-0.05, 0) is 50.2 Å². The SMILES string of the molecule is CN(C)C(=O)N(C)C1CCN(c2cc3c(nn2)CCCC3)CC1. The van der Waals surface area contributed by atoms with E-state index in [1.54, 1.807) is 19.0 Å². The summed E-state index contributed by atoms with van der Waals surface area (Å²) in [5.74, 6) is 1.01. The zero-order valence-corrected chi connectivity index (χ0v) is 14.5. The lowest BCUT2D eigenvalue weighted by Gasteiger charge is -2.38. The minimum Gasteiger partial charge on any atom is -0.355 e. The molecule has 126 valence electrons. The maximum atomic E-state index is 12.1. The van der Waals surface area contributed by atoms with Crippen molar-refractivity contribution in [3.63, 3.8) is 0 Å². The van der Waals surface area contributed by atoms with Crippen molar-refractivity contribution in [2.45, 2.75) is 44.6 Å². The van der Waals surface area contributed by atoms with E-state index in [9.17, 15) is 4.79 Å². The molecule has 0 spiro atoms. The van der Waals surface area contributed by atoms with Crippen LogP contribution in [0.15, 0.2) is 6.07 Å². The van der Waals surface area contributed by atoms with Gasteiger partial charge in [0.2, 0.25) is 0 Å². The summed E-state index contributed by atoms with van der Waals surface area (Å²) in [7, 11) is 5.51. The van der Waals surface area contributed by atoms with Crippen LogP contribution in [-0.2, 0) is 12.8 Å². The summed E-state index contributed by atoms with van der Waals surface area (Å²) >= 11 is 0. The maximum absolute atomic E-state index is 12.1. The fourth-order valence-electron chi connectivity index (χ4n) is 3.59. The van der Waals surface area contributed by atoms with Gasteiger partial charge in [0.15, 0.2) is 5.82 Å². The van der Waals surface area contributed by atoms with E-state index in [0.717, 1.165) is 44.6 Å². The first kappa shape index (κ1) is 16.0. The van der Waals surface area contributed by atoms with Crippen LogP contribution in [-0.4, -0.2) is 66.3 Å². The lowest BCUT2D eigenvalue weighted by atomic mass is 9.96. The van der Waals surface area contributed by atoms with Gasteiger partial charge in [0, 0.05) is 40.3 Å². The number of piperidine rings is 1. The van der Waals surface area contributed by atoms with E-state index in [-0.39, 0.29) is 6.03 Å². The van der Waals surface area contributed by atoms with Crippen molar-refractivity contribution in [2.24, 2.45) is 0 Å². The van der Waals surface area contributed by atoms with Gasteiger partial charge in [-0.2, -0.15) is 5.10 Å². The summed E-state index contributed by atoms with van der Waals surface area (Å²) in [6.45, 7) is 1.87. The topological polar surface area (TPSA) is 52.6 Å². The molecule has 1 saturated heterocycles. The second kappa shape index (κ2) is 6.72. The largest absolute Gasteiger partial charge is 0.355 e. The van der Waals surface area contributed by atoms with Crippen molar-refractivity contribution in [1.29, 1.82) is 0 Å². The third-order valence-electron chi connectivity index (χ3n) is 5.08. The van der Waals surface area contributed by atoms with Gasteiger partial charge in [0.1, 0.15) is 0 Å². The molecular formula is C17H27N5O. The minimum atomic E-state index is 0.0806. The molecule has 0 bridgehead atoms. The Labute approximate surface area is 138 Å². The summed E-state index contributed by atoms with van der Waals surface area (Å²) in [5, 5.41) is 8.87. The summed E-state index contributed by atoms with van der Waals surface area (Å²) in [5.41, 5.74) is 2.56. The van der Waals surface area contributed by atoms with E-state index < -0.39 is 0 Å². The Hall–Kier alpha value is -1.85. The fraction of sp³-hybridized carbons (Fsp3) is 0.706. The monoisotopic (exact) mass is 317 g/mol. The van der Waals surface area contributed by atoms with Crippen molar-refractivity contribution in [3.8, 4) is 0 Å². The van der Waals surface area contributed by atoms with Crippen LogP contribution >= 0.6 is 0 Å². The number of rotatable bonds is 2. The van der Waals surface area contributed by atoms with Crippen molar-refractivity contribution in [1.82, 2.24) is 20.0 Å². The summed E-state index contributed by atoms with van der Waals surface area (Å²) in [6, 6.07) is 2.63. The number of aryl methyl sites for hydroxylation is 2. The number of urea groups is 1. The molecule has 23 heavy (non-hydrogen) atoms. The molecule has 0 aromatic carbocycles. The standard InChI is InChI=1S/C17H27N5O/c1-20(2)17(23)21(3)14-8-10-22(11-9-14)16-12-13-6-4-5-7-15(13)18-19-16/h12,14H,4-11H2,1-3H3. The van der Waals surface area contributed by atoms with Gasteiger partial charge in [-0.15, -0.1) is 5.10 Å². The zero-order chi connectivity index (χ0) is 16.4. The molecule has 1 aromatic heterocycles. The minimum absolute atomic E-state index is 0.0806. The van der Waals surface area contributed by atoms with Crippen LogP contribution in [0, 0.1) is 0 Å². The quantitative estimate of drug-likeness (QED) is 0.836. The Morgan fingerprint density at radius 1 is 1.13 bits per heavy atom. The first-order chi connectivity index (χ1) is 11.1. The molecule has 0 radical (unpaired) electrons. The third kappa shape index (κ3) is 3.41. The molecule has 0 saturated carbocycles. The Bertz CT molecular complexity index is 566. The van der Waals surface area contributed by atoms with Gasteiger partial charge in [-0.3, -0.25) is 0 Å². The van der Waals surface area contributed by atoms with Gasteiger partial charge in [-0.25, -0.2) is 4.79 Å². The molecule has 0 N–H and O–H groups in total.